The van der Waals surface area contributed by atoms with Crippen LogP contribution in [-0.4, -0.2) is 37.1 Å². The molecular formula is C17H26ClN3O. The Morgan fingerprint density at radius 2 is 1.73 bits per heavy atom. The molecule has 2 saturated heterocycles. The summed E-state index contributed by atoms with van der Waals surface area (Å²) in [6.45, 7) is 4.70. The maximum Gasteiger partial charge on any atom is 0.317 e. The van der Waals surface area contributed by atoms with Gasteiger partial charge in [-0.25, -0.2) is 4.79 Å². The van der Waals surface area contributed by atoms with Gasteiger partial charge in [0.2, 0.25) is 0 Å². The van der Waals surface area contributed by atoms with Crippen molar-refractivity contribution < 1.29 is 4.79 Å². The Hall–Kier alpha value is -1.26. The molecule has 5 heteroatoms. The number of nitrogens with one attached hydrogen (secondary N) is 2. The molecule has 2 aliphatic rings. The first-order valence-electron chi connectivity index (χ1n) is 8.05. The molecule has 2 amide bonds. The number of carbonyl (C=O) groups is 1. The van der Waals surface area contributed by atoms with Crippen LogP contribution in [0.1, 0.15) is 31.2 Å². The quantitative estimate of drug-likeness (QED) is 0.879. The van der Waals surface area contributed by atoms with Gasteiger partial charge in [0.1, 0.15) is 0 Å². The number of nitrogens with zero attached hydrogens (tertiary/aromatic N) is 1. The molecule has 2 N–H and O–H groups in total. The Bertz CT molecular complexity index is 464. The standard InChI is InChI=1S/C17H25N3O.ClH/c21-16(19-14-15-4-2-1-3-5-15)20-12-8-17(9-13-20)6-10-18-11-7-17;/h1-5,18H,6-14H2,(H,19,21);1H. The maximum atomic E-state index is 12.2. The summed E-state index contributed by atoms with van der Waals surface area (Å²) in [6.07, 6.45) is 4.86. The molecule has 1 aromatic carbocycles. The van der Waals surface area contributed by atoms with Crippen LogP contribution in [-0.2, 0) is 6.54 Å². The normalized spacial score (nSPS) is 20.3. The van der Waals surface area contributed by atoms with Crippen molar-refractivity contribution in [3.63, 3.8) is 0 Å². The zero-order valence-corrected chi connectivity index (χ0v) is 13.8. The second-order valence-corrected chi connectivity index (χ2v) is 6.38. The predicted octanol–water partition coefficient (Wildman–Crippen LogP) is 2.78. The number of urea groups is 1. The third-order valence-electron chi connectivity index (χ3n) is 5.06. The molecule has 0 bridgehead atoms. The number of hydrogen-bond acceptors (Lipinski definition) is 2. The first-order valence-corrected chi connectivity index (χ1v) is 8.05. The summed E-state index contributed by atoms with van der Waals surface area (Å²) in [5.74, 6) is 0. The van der Waals surface area contributed by atoms with E-state index in [-0.39, 0.29) is 18.4 Å². The lowest BCUT2D eigenvalue weighted by atomic mass is 9.72. The third-order valence-corrected chi connectivity index (χ3v) is 5.06. The molecule has 0 atom stereocenters. The highest BCUT2D eigenvalue weighted by molar-refractivity contribution is 5.85. The van der Waals surface area contributed by atoms with Crippen LogP contribution in [0.15, 0.2) is 30.3 Å². The van der Waals surface area contributed by atoms with Crippen molar-refractivity contribution in [1.29, 1.82) is 0 Å². The van der Waals surface area contributed by atoms with Gasteiger partial charge < -0.3 is 15.5 Å². The van der Waals surface area contributed by atoms with Crippen molar-refractivity contribution in [2.24, 2.45) is 5.41 Å². The van der Waals surface area contributed by atoms with Gasteiger partial charge in [-0.15, -0.1) is 12.4 Å². The Morgan fingerprint density at radius 3 is 2.36 bits per heavy atom. The fraction of sp³-hybridized carbons (Fsp3) is 0.588. The minimum absolute atomic E-state index is 0. The van der Waals surface area contributed by atoms with Crippen molar-refractivity contribution >= 4 is 18.4 Å². The van der Waals surface area contributed by atoms with Gasteiger partial charge in [0.05, 0.1) is 0 Å². The van der Waals surface area contributed by atoms with Gasteiger partial charge in [-0.05, 0) is 49.8 Å². The summed E-state index contributed by atoms with van der Waals surface area (Å²) in [7, 11) is 0. The van der Waals surface area contributed by atoms with Crippen molar-refractivity contribution in [3.05, 3.63) is 35.9 Å². The zero-order chi connectivity index (χ0) is 14.5. The fourth-order valence-corrected chi connectivity index (χ4v) is 3.53. The summed E-state index contributed by atoms with van der Waals surface area (Å²) >= 11 is 0. The van der Waals surface area contributed by atoms with E-state index in [4.69, 9.17) is 0 Å². The smallest absolute Gasteiger partial charge is 0.317 e. The van der Waals surface area contributed by atoms with Crippen LogP contribution >= 0.6 is 12.4 Å². The maximum absolute atomic E-state index is 12.2. The summed E-state index contributed by atoms with van der Waals surface area (Å²) in [6, 6.07) is 10.2. The lowest BCUT2D eigenvalue weighted by molar-refractivity contribution is 0.0874. The predicted molar refractivity (Wildman–Crippen MR) is 91.3 cm³/mol. The average Bonchev–Trinajstić information content (AvgIpc) is 2.55. The molecule has 0 saturated carbocycles. The van der Waals surface area contributed by atoms with Gasteiger partial charge in [0.25, 0.3) is 0 Å². The number of benzene rings is 1. The van der Waals surface area contributed by atoms with E-state index >= 15 is 0 Å². The topological polar surface area (TPSA) is 44.4 Å². The number of hydrogen-bond donors (Lipinski definition) is 2. The Morgan fingerprint density at radius 1 is 1.09 bits per heavy atom. The first kappa shape index (κ1) is 17.1. The molecule has 1 aromatic rings. The molecule has 4 nitrogen and oxygen atoms in total. The van der Waals surface area contributed by atoms with Gasteiger partial charge in [0.15, 0.2) is 0 Å². The number of halogens is 1. The third kappa shape index (κ3) is 4.14. The minimum atomic E-state index is 0. The Labute approximate surface area is 139 Å². The van der Waals surface area contributed by atoms with Crippen molar-refractivity contribution in [3.8, 4) is 0 Å². The average molecular weight is 324 g/mol. The van der Waals surface area contributed by atoms with Crippen LogP contribution in [0.3, 0.4) is 0 Å². The molecule has 2 fully saturated rings. The largest absolute Gasteiger partial charge is 0.334 e. The SMILES string of the molecule is Cl.O=C(NCc1ccccc1)N1CCC2(CCNCC2)CC1. The van der Waals surface area contributed by atoms with Crippen LogP contribution in [0.5, 0.6) is 0 Å². The number of rotatable bonds is 2. The molecule has 1 spiro atoms. The van der Waals surface area contributed by atoms with E-state index in [1.807, 2.05) is 35.2 Å². The second-order valence-electron chi connectivity index (χ2n) is 6.38. The number of carbonyl (C=O) groups excluding carboxylic acids is 1. The van der Waals surface area contributed by atoms with Crippen LogP contribution in [0, 0.1) is 5.41 Å². The van der Waals surface area contributed by atoms with E-state index < -0.39 is 0 Å². The van der Waals surface area contributed by atoms with E-state index in [1.165, 1.54) is 12.8 Å². The summed E-state index contributed by atoms with van der Waals surface area (Å²) in [5, 5.41) is 6.47. The van der Waals surface area contributed by atoms with Crippen molar-refractivity contribution in [1.82, 2.24) is 15.5 Å². The van der Waals surface area contributed by atoms with Gasteiger partial charge in [-0.1, -0.05) is 30.3 Å². The molecule has 2 heterocycles. The highest BCUT2D eigenvalue weighted by Crippen LogP contribution is 2.39. The van der Waals surface area contributed by atoms with Crippen LogP contribution in [0.4, 0.5) is 4.79 Å². The highest BCUT2D eigenvalue weighted by atomic mass is 35.5. The van der Waals surface area contributed by atoms with Gasteiger partial charge in [-0.3, -0.25) is 0 Å². The summed E-state index contributed by atoms with van der Waals surface area (Å²) in [5.41, 5.74) is 1.65. The zero-order valence-electron chi connectivity index (χ0n) is 13.0. The molecule has 22 heavy (non-hydrogen) atoms. The lowest BCUT2D eigenvalue weighted by Gasteiger charge is -2.44. The van der Waals surface area contributed by atoms with Crippen molar-refractivity contribution in [2.75, 3.05) is 26.2 Å². The number of likely N-dealkylation sites (tertiary alicyclic amines) is 1. The number of amides is 2. The van der Waals surface area contributed by atoms with E-state index in [0.717, 1.165) is 44.6 Å². The van der Waals surface area contributed by atoms with Gasteiger partial charge >= 0.3 is 6.03 Å². The lowest BCUT2D eigenvalue weighted by Crippen LogP contribution is -2.49. The number of piperidine rings is 2. The molecule has 122 valence electrons. The van der Waals surface area contributed by atoms with Crippen LogP contribution in [0.2, 0.25) is 0 Å². The van der Waals surface area contributed by atoms with E-state index in [2.05, 4.69) is 10.6 Å². The van der Waals surface area contributed by atoms with E-state index in [1.54, 1.807) is 0 Å². The first-order chi connectivity index (χ1) is 10.3. The molecule has 2 aliphatic heterocycles. The van der Waals surface area contributed by atoms with Gasteiger partial charge in [0, 0.05) is 19.6 Å². The molecule has 0 radical (unpaired) electrons. The van der Waals surface area contributed by atoms with E-state index in [9.17, 15) is 4.79 Å². The highest BCUT2D eigenvalue weighted by Gasteiger charge is 2.36. The minimum Gasteiger partial charge on any atom is -0.334 e. The summed E-state index contributed by atoms with van der Waals surface area (Å²) in [4.78, 5) is 14.2. The van der Waals surface area contributed by atoms with E-state index in [0.29, 0.717) is 12.0 Å². The molecule has 0 unspecified atom stereocenters. The fourth-order valence-electron chi connectivity index (χ4n) is 3.53. The molecule has 3 rings (SSSR count). The van der Waals surface area contributed by atoms with Crippen LogP contribution in [0.25, 0.3) is 0 Å². The van der Waals surface area contributed by atoms with Crippen LogP contribution < -0.4 is 10.6 Å². The molecule has 0 aliphatic carbocycles. The Balaban J connectivity index is 0.00000176. The second kappa shape index (κ2) is 7.84. The Kier molecular flexibility index (Phi) is 6.09. The molecule has 0 aromatic heterocycles. The monoisotopic (exact) mass is 323 g/mol. The molecular weight excluding hydrogens is 298 g/mol. The van der Waals surface area contributed by atoms with Crippen molar-refractivity contribution in [2.45, 2.75) is 32.2 Å². The summed E-state index contributed by atoms with van der Waals surface area (Å²) < 4.78 is 0. The van der Waals surface area contributed by atoms with Gasteiger partial charge in [-0.2, -0.15) is 0 Å².